The van der Waals surface area contributed by atoms with Crippen LogP contribution in [0.2, 0.25) is 0 Å². The highest BCUT2D eigenvalue weighted by atomic mass is 14.9. The van der Waals surface area contributed by atoms with Gasteiger partial charge in [0.05, 0.1) is 0 Å². The molecule has 0 unspecified atom stereocenters. The first-order chi connectivity index (χ1) is 8.27. The van der Waals surface area contributed by atoms with Crippen LogP contribution in [-0.2, 0) is 13.1 Å². The predicted molar refractivity (Wildman–Crippen MR) is 72.3 cm³/mol. The van der Waals surface area contributed by atoms with E-state index in [0.29, 0.717) is 0 Å². The van der Waals surface area contributed by atoms with Crippen molar-refractivity contribution in [1.82, 2.24) is 5.32 Å². The molecule has 17 heavy (non-hydrogen) atoms. The lowest BCUT2D eigenvalue weighted by atomic mass is 10.1. The molecule has 3 nitrogen and oxygen atoms in total. The molecule has 2 rings (SSSR count). The number of para-hydroxylation sites is 2. The number of hydrogen-bond donors (Lipinski definition) is 3. The average Bonchev–Trinajstić information content (AvgIpc) is 2.34. The van der Waals surface area contributed by atoms with Crippen molar-refractivity contribution in [2.24, 2.45) is 0 Å². The monoisotopic (exact) mass is 227 g/mol. The van der Waals surface area contributed by atoms with Gasteiger partial charge in [-0.3, -0.25) is 0 Å². The standard InChI is InChI=1S/C14H17N3/c15-13-7-3-1-5-11(13)9-17-10-12-6-2-4-8-14(12)16/h1-8,17H,9-10,15-16H2. The smallest absolute Gasteiger partial charge is 0.0359 e. The number of anilines is 2. The quantitative estimate of drug-likeness (QED) is 0.701. The molecule has 0 heterocycles. The molecule has 0 aliphatic heterocycles. The van der Waals surface area contributed by atoms with E-state index in [-0.39, 0.29) is 0 Å². The minimum atomic E-state index is 0.751. The summed E-state index contributed by atoms with van der Waals surface area (Å²) in [5.74, 6) is 0. The van der Waals surface area contributed by atoms with Crippen molar-refractivity contribution < 1.29 is 0 Å². The molecule has 88 valence electrons. The van der Waals surface area contributed by atoms with Crippen LogP contribution in [0.5, 0.6) is 0 Å². The van der Waals surface area contributed by atoms with E-state index in [1.54, 1.807) is 0 Å². The molecule has 0 fully saturated rings. The Kier molecular flexibility index (Phi) is 3.62. The van der Waals surface area contributed by atoms with Crippen LogP contribution in [0.4, 0.5) is 11.4 Å². The van der Waals surface area contributed by atoms with Gasteiger partial charge in [0.25, 0.3) is 0 Å². The lowest BCUT2D eigenvalue weighted by Crippen LogP contribution is -2.14. The van der Waals surface area contributed by atoms with Gasteiger partial charge in [0, 0.05) is 24.5 Å². The second kappa shape index (κ2) is 5.37. The molecule has 0 bridgehead atoms. The molecule has 0 spiro atoms. The van der Waals surface area contributed by atoms with E-state index in [0.717, 1.165) is 35.6 Å². The highest BCUT2D eigenvalue weighted by molar-refractivity contribution is 5.47. The zero-order chi connectivity index (χ0) is 12.1. The highest BCUT2D eigenvalue weighted by Crippen LogP contribution is 2.12. The summed E-state index contributed by atoms with van der Waals surface area (Å²) in [6, 6.07) is 15.7. The third kappa shape index (κ3) is 2.98. The number of nitrogens with two attached hydrogens (primary N) is 2. The van der Waals surface area contributed by atoms with E-state index in [4.69, 9.17) is 11.5 Å². The Morgan fingerprint density at radius 2 is 1.12 bits per heavy atom. The number of hydrogen-bond acceptors (Lipinski definition) is 3. The van der Waals surface area contributed by atoms with Crippen molar-refractivity contribution in [3.05, 3.63) is 59.7 Å². The van der Waals surface area contributed by atoms with Gasteiger partial charge in [-0.1, -0.05) is 36.4 Å². The predicted octanol–water partition coefficient (Wildman–Crippen LogP) is 2.14. The maximum absolute atomic E-state index is 5.87. The van der Waals surface area contributed by atoms with Crippen molar-refractivity contribution in [1.29, 1.82) is 0 Å². The summed E-state index contributed by atoms with van der Waals surface area (Å²) in [4.78, 5) is 0. The van der Waals surface area contributed by atoms with Crippen LogP contribution in [0.25, 0.3) is 0 Å². The average molecular weight is 227 g/mol. The Balaban J connectivity index is 1.93. The van der Waals surface area contributed by atoms with Crippen LogP contribution < -0.4 is 16.8 Å². The Morgan fingerprint density at radius 1 is 0.706 bits per heavy atom. The lowest BCUT2D eigenvalue weighted by Gasteiger charge is -2.09. The third-order valence-corrected chi connectivity index (χ3v) is 2.74. The Morgan fingerprint density at radius 3 is 1.53 bits per heavy atom. The van der Waals surface area contributed by atoms with Crippen molar-refractivity contribution in [3.8, 4) is 0 Å². The number of rotatable bonds is 4. The fraction of sp³-hybridized carbons (Fsp3) is 0.143. The number of nitrogens with one attached hydrogen (secondary N) is 1. The van der Waals surface area contributed by atoms with E-state index >= 15 is 0 Å². The molecule has 5 N–H and O–H groups in total. The second-order valence-corrected chi connectivity index (χ2v) is 4.00. The molecule has 0 atom stereocenters. The van der Waals surface area contributed by atoms with Gasteiger partial charge in [-0.15, -0.1) is 0 Å². The van der Waals surface area contributed by atoms with Crippen molar-refractivity contribution >= 4 is 11.4 Å². The van der Waals surface area contributed by atoms with Crippen molar-refractivity contribution in [2.75, 3.05) is 11.5 Å². The first-order valence-electron chi connectivity index (χ1n) is 5.65. The molecule has 0 saturated heterocycles. The van der Waals surface area contributed by atoms with Crippen LogP contribution >= 0.6 is 0 Å². The first-order valence-corrected chi connectivity index (χ1v) is 5.65. The van der Waals surface area contributed by atoms with Gasteiger partial charge in [0.1, 0.15) is 0 Å². The molecule has 0 saturated carbocycles. The fourth-order valence-electron chi connectivity index (χ4n) is 1.72. The molecule has 2 aromatic rings. The molecular weight excluding hydrogens is 210 g/mol. The molecule has 0 aliphatic carbocycles. The van der Waals surface area contributed by atoms with Crippen LogP contribution in [0.15, 0.2) is 48.5 Å². The van der Waals surface area contributed by atoms with Crippen LogP contribution in [0.3, 0.4) is 0 Å². The molecule has 2 aromatic carbocycles. The summed E-state index contributed by atoms with van der Waals surface area (Å²) in [5, 5.41) is 3.34. The normalized spacial score (nSPS) is 10.4. The van der Waals surface area contributed by atoms with Crippen molar-refractivity contribution in [2.45, 2.75) is 13.1 Å². The molecule has 0 aliphatic rings. The van der Waals surface area contributed by atoms with Crippen molar-refractivity contribution in [3.63, 3.8) is 0 Å². The maximum Gasteiger partial charge on any atom is 0.0359 e. The SMILES string of the molecule is Nc1ccccc1CNCc1ccccc1N. The lowest BCUT2D eigenvalue weighted by molar-refractivity contribution is 0.696. The molecule has 0 radical (unpaired) electrons. The number of nitrogen functional groups attached to an aromatic ring is 2. The molecule has 3 heteroatoms. The van der Waals surface area contributed by atoms with Gasteiger partial charge < -0.3 is 16.8 Å². The summed E-state index contributed by atoms with van der Waals surface area (Å²) >= 11 is 0. The van der Waals surface area contributed by atoms with Gasteiger partial charge in [0.15, 0.2) is 0 Å². The van der Waals surface area contributed by atoms with Gasteiger partial charge in [0.2, 0.25) is 0 Å². The first kappa shape index (κ1) is 11.5. The Labute approximate surface area is 101 Å². The maximum atomic E-state index is 5.87. The highest BCUT2D eigenvalue weighted by Gasteiger charge is 1.99. The van der Waals surface area contributed by atoms with E-state index < -0.39 is 0 Å². The topological polar surface area (TPSA) is 64.1 Å². The summed E-state index contributed by atoms with van der Waals surface area (Å²) in [6.45, 7) is 1.50. The minimum Gasteiger partial charge on any atom is -0.398 e. The van der Waals surface area contributed by atoms with E-state index in [1.807, 2.05) is 48.5 Å². The van der Waals surface area contributed by atoms with Gasteiger partial charge in [-0.2, -0.15) is 0 Å². The largest absolute Gasteiger partial charge is 0.398 e. The number of benzene rings is 2. The molecule has 0 amide bonds. The second-order valence-electron chi connectivity index (χ2n) is 4.00. The molecular formula is C14H17N3. The van der Waals surface area contributed by atoms with E-state index in [1.165, 1.54) is 0 Å². The third-order valence-electron chi connectivity index (χ3n) is 2.74. The fourth-order valence-corrected chi connectivity index (χ4v) is 1.72. The Bertz CT molecular complexity index is 449. The minimum absolute atomic E-state index is 0.751. The summed E-state index contributed by atoms with van der Waals surface area (Å²) in [5.41, 5.74) is 15.6. The summed E-state index contributed by atoms with van der Waals surface area (Å²) in [7, 11) is 0. The van der Waals surface area contributed by atoms with Gasteiger partial charge >= 0.3 is 0 Å². The Hall–Kier alpha value is -2.00. The summed E-state index contributed by atoms with van der Waals surface area (Å²) < 4.78 is 0. The van der Waals surface area contributed by atoms with Crippen LogP contribution in [0.1, 0.15) is 11.1 Å². The summed E-state index contributed by atoms with van der Waals surface area (Å²) in [6.07, 6.45) is 0. The van der Waals surface area contributed by atoms with Crippen LogP contribution in [-0.4, -0.2) is 0 Å². The van der Waals surface area contributed by atoms with E-state index in [9.17, 15) is 0 Å². The van der Waals surface area contributed by atoms with Crippen LogP contribution in [0, 0.1) is 0 Å². The van der Waals surface area contributed by atoms with E-state index in [2.05, 4.69) is 5.32 Å². The zero-order valence-electron chi connectivity index (χ0n) is 9.69. The van der Waals surface area contributed by atoms with Gasteiger partial charge in [-0.25, -0.2) is 0 Å². The zero-order valence-corrected chi connectivity index (χ0v) is 9.69. The molecule has 0 aromatic heterocycles. The van der Waals surface area contributed by atoms with Gasteiger partial charge in [-0.05, 0) is 23.3 Å².